The molecule has 1 saturated heterocycles. The first-order valence-corrected chi connectivity index (χ1v) is 9.01. The fraction of sp³-hybridized carbons (Fsp3) is 0.750. The number of morpholine rings is 1. The van der Waals surface area contributed by atoms with E-state index in [0.29, 0.717) is 0 Å². The van der Waals surface area contributed by atoms with Crippen LogP contribution in [-0.2, 0) is 11.2 Å². The Morgan fingerprint density at radius 1 is 1.39 bits per heavy atom. The van der Waals surface area contributed by atoms with E-state index in [4.69, 9.17) is 4.74 Å². The van der Waals surface area contributed by atoms with Crippen molar-refractivity contribution in [2.45, 2.75) is 32.7 Å². The smallest absolute Gasteiger partial charge is 0.191 e. The summed E-state index contributed by atoms with van der Waals surface area (Å²) in [5.41, 5.74) is 0.0772. The third-order valence-corrected chi connectivity index (χ3v) is 5.05. The molecule has 23 heavy (non-hydrogen) atoms. The average molecular weight is 340 g/mol. The predicted octanol–water partition coefficient (Wildman–Crippen LogP) is 1.27. The van der Waals surface area contributed by atoms with Crippen LogP contribution in [-0.4, -0.2) is 67.8 Å². The number of nitrogens with zero attached hydrogens (tertiary/aromatic N) is 3. The molecular formula is C16H29N5OS. The van der Waals surface area contributed by atoms with Crippen LogP contribution in [0.2, 0.25) is 0 Å². The van der Waals surface area contributed by atoms with Crippen LogP contribution in [0.4, 0.5) is 0 Å². The summed E-state index contributed by atoms with van der Waals surface area (Å²) in [6, 6.07) is 0. The molecule has 1 aromatic heterocycles. The zero-order chi connectivity index (χ0) is 16.7. The van der Waals surface area contributed by atoms with Gasteiger partial charge < -0.3 is 15.4 Å². The lowest BCUT2D eigenvalue weighted by molar-refractivity contribution is -0.00833. The van der Waals surface area contributed by atoms with Crippen molar-refractivity contribution >= 4 is 17.3 Å². The van der Waals surface area contributed by atoms with E-state index < -0.39 is 0 Å². The fourth-order valence-electron chi connectivity index (χ4n) is 2.61. The molecule has 2 rings (SSSR count). The fourth-order valence-corrected chi connectivity index (χ4v) is 3.39. The highest BCUT2D eigenvalue weighted by Crippen LogP contribution is 2.15. The predicted molar refractivity (Wildman–Crippen MR) is 96.4 cm³/mol. The molecule has 1 aliphatic heterocycles. The molecule has 2 N–H and O–H groups in total. The highest BCUT2D eigenvalue weighted by molar-refractivity contribution is 7.11. The van der Waals surface area contributed by atoms with Crippen LogP contribution in [0.5, 0.6) is 0 Å². The van der Waals surface area contributed by atoms with Crippen molar-refractivity contribution in [1.29, 1.82) is 0 Å². The molecule has 0 aliphatic carbocycles. The summed E-state index contributed by atoms with van der Waals surface area (Å²) in [5.74, 6) is 0.847. The molecule has 7 heteroatoms. The lowest BCUT2D eigenvalue weighted by Gasteiger charge is -2.41. The summed E-state index contributed by atoms with van der Waals surface area (Å²) in [5, 5.41) is 7.97. The molecule has 6 nitrogen and oxygen atoms in total. The quantitative estimate of drug-likeness (QED) is 0.604. The Balaban J connectivity index is 1.73. The molecule has 0 saturated carbocycles. The van der Waals surface area contributed by atoms with E-state index in [-0.39, 0.29) is 5.54 Å². The molecule has 0 atom stereocenters. The normalized spacial score (nSPS) is 17.3. The molecule has 0 unspecified atom stereocenters. The molecule has 0 spiro atoms. The van der Waals surface area contributed by atoms with Crippen LogP contribution >= 0.6 is 11.3 Å². The van der Waals surface area contributed by atoms with E-state index in [1.165, 1.54) is 9.88 Å². The highest BCUT2D eigenvalue weighted by Gasteiger charge is 2.28. The van der Waals surface area contributed by atoms with E-state index in [1.807, 2.05) is 13.2 Å². The van der Waals surface area contributed by atoms with Gasteiger partial charge in [-0.3, -0.25) is 9.89 Å². The lowest BCUT2D eigenvalue weighted by Crippen LogP contribution is -2.56. The van der Waals surface area contributed by atoms with Gasteiger partial charge in [0.1, 0.15) is 0 Å². The first-order valence-electron chi connectivity index (χ1n) is 8.20. The van der Waals surface area contributed by atoms with Crippen molar-refractivity contribution < 1.29 is 4.74 Å². The van der Waals surface area contributed by atoms with Gasteiger partial charge in [0.2, 0.25) is 0 Å². The Hall–Kier alpha value is -1.18. The van der Waals surface area contributed by atoms with Gasteiger partial charge in [-0.1, -0.05) is 0 Å². The number of aliphatic imine (C=N–C) groups is 1. The molecule has 2 heterocycles. The number of aryl methyl sites for hydroxylation is 1. The van der Waals surface area contributed by atoms with Crippen LogP contribution < -0.4 is 10.6 Å². The number of nitrogens with one attached hydrogen (secondary N) is 2. The maximum absolute atomic E-state index is 5.44. The maximum atomic E-state index is 5.44. The number of hydrogen-bond acceptors (Lipinski definition) is 5. The maximum Gasteiger partial charge on any atom is 0.191 e. The molecule has 0 aromatic carbocycles. The largest absolute Gasteiger partial charge is 0.379 e. The van der Waals surface area contributed by atoms with Crippen LogP contribution in [0.15, 0.2) is 11.2 Å². The third-order valence-electron chi connectivity index (χ3n) is 4.08. The van der Waals surface area contributed by atoms with Gasteiger partial charge in [0.25, 0.3) is 0 Å². The summed E-state index contributed by atoms with van der Waals surface area (Å²) in [7, 11) is 1.81. The van der Waals surface area contributed by atoms with Crippen LogP contribution in [0.1, 0.15) is 23.7 Å². The minimum absolute atomic E-state index is 0.0772. The van der Waals surface area contributed by atoms with Crippen molar-refractivity contribution in [2.75, 3.05) is 46.4 Å². The number of ether oxygens (including phenoxy) is 1. The van der Waals surface area contributed by atoms with Crippen molar-refractivity contribution in [1.82, 2.24) is 20.5 Å². The number of rotatable bonds is 6. The summed E-state index contributed by atoms with van der Waals surface area (Å²) in [6.45, 7) is 11.9. The minimum Gasteiger partial charge on any atom is -0.379 e. The average Bonchev–Trinajstić information content (AvgIpc) is 2.97. The minimum atomic E-state index is 0.0772. The molecule has 1 aromatic rings. The molecular weight excluding hydrogens is 310 g/mol. The molecule has 1 aliphatic rings. The number of guanidine groups is 1. The molecule has 0 amide bonds. The standard InChI is InChI=1S/C16H29N5OS/c1-13-11-19-14(23-13)5-6-18-15(17-4)20-12-16(2,3)21-7-9-22-10-8-21/h11H,5-10,12H2,1-4H3,(H2,17,18,20). The number of thiazole rings is 1. The Morgan fingerprint density at radius 3 is 2.74 bits per heavy atom. The molecule has 1 fully saturated rings. The van der Waals surface area contributed by atoms with Gasteiger partial charge in [-0.05, 0) is 20.8 Å². The Labute approximate surface area is 143 Å². The lowest BCUT2D eigenvalue weighted by atomic mass is 10.0. The van der Waals surface area contributed by atoms with Crippen molar-refractivity contribution in [3.63, 3.8) is 0 Å². The van der Waals surface area contributed by atoms with E-state index in [9.17, 15) is 0 Å². The van der Waals surface area contributed by atoms with Gasteiger partial charge in [0.15, 0.2) is 5.96 Å². The summed E-state index contributed by atoms with van der Waals surface area (Å²) >= 11 is 1.75. The zero-order valence-corrected chi connectivity index (χ0v) is 15.5. The summed E-state index contributed by atoms with van der Waals surface area (Å²) in [6.07, 6.45) is 2.85. The number of aromatic nitrogens is 1. The summed E-state index contributed by atoms with van der Waals surface area (Å²) in [4.78, 5) is 12.4. The van der Waals surface area contributed by atoms with E-state index in [1.54, 1.807) is 11.3 Å². The first kappa shape index (κ1) is 18.2. The Kier molecular flexibility index (Phi) is 6.80. The van der Waals surface area contributed by atoms with Crippen LogP contribution in [0.25, 0.3) is 0 Å². The van der Waals surface area contributed by atoms with Gasteiger partial charge in [0.05, 0.1) is 18.2 Å². The molecule has 130 valence electrons. The Morgan fingerprint density at radius 2 is 2.13 bits per heavy atom. The molecule has 0 radical (unpaired) electrons. The molecule has 0 bridgehead atoms. The van der Waals surface area contributed by atoms with E-state index in [0.717, 1.165) is 51.8 Å². The van der Waals surface area contributed by atoms with E-state index in [2.05, 4.69) is 46.3 Å². The topological polar surface area (TPSA) is 61.8 Å². The zero-order valence-electron chi connectivity index (χ0n) is 14.7. The van der Waals surface area contributed by atoms with Crippen LogP contribution in [0, 0.1) is 6.92 Å². The van der Waals surface area contributed by atoms with Gasteiger partial charge in [-0.25, -0.2) is 4.98 Å². The Bertz CT molecular complexity index is 508. The monoisotopic (exact) mass is 339 g/mol. The van der Waals surface area contributed by atoms with Gasteiger partial charge in [0, 0.05) is 56.3 Å². The highest BCUT2D eigenvalue weighted by atomic mass is 32.1. The van der Waals surface area contributed by atoms with Crippen molar-refractivity contribution in [2.24, 2.45) is 4.99 Å². The second kappa shape index (κ2) is 8.61. The van der Waals surface area contributed by atoms with Gasteiger partial charge in [-0.15, -0.1) is 11.3 Å². The van der Waals surface area contributed by atoms with Gasteiger partial charge >= 0.3 is 0 Å². The third kappa shape index (κ3) is 5.75. The van der Waals surface area contributed by atoms with E-state index >= 15 is 0 Å². The second-order valence-electron chi connectivity index (χ2n) is 6.38. The van der Waals surface area contributed by atoms with Crippen LogP contribution in [0.3, 0.4) is 0 Å². The van der Waals surface area contributed by atoms with Crippen molar-refractivity contribution in [3.05, 3.63) is 16.1 Å². The second-order valence-corrected chi connectivity index (χ2v) is 7.70. The SMILES string of the molecule is CN=C(NCCc1ncc(C)s1)NCC(C)(C)N1CCOCC1. The number of hydrogen-bond donors (Lipinski definition) is 2. The summed E-state index contributed by atoms with van der Waals surface area (Å²) < 4.78 is 5.44. The first-order chi connectivity index (χ1) is 11.0. The van der Waals surface area contributed by atoms with Crippen molar-refractivity contribution in [3.8, 4) is 0 Å². The van der Waals surface area contributed by atoms with Gasteiger partial charge in [-0.2, -0.15) is 0 Å².